The predicted molar refractivity (Wildman–Crippen MR) is 142 cm³/mol. The Morgan fingerprint density at radius 1 is 1.08 bits per heavy atom. The number of hydrogen-bond donors (Lipinski definition) is 3. The lowest BCUT2D eigenvalue weighted by Gasteiger charge is -2.34. The zero-order valence-corrected chi connectivity index (χ0v) is 20.6. The van der Waals surface area contributed by atoms with E-state index >= 15 is 0 Å². The molecule has 0 aliphatic carbocycles. The lowest BCUT2D eigenvalue weighted by molar-refractivity contribution is -0.134. The second-order valence-electron chi connectivity index (χ2n) is 9.33. The SMILES string of the molecule is O=C(NC(Cc1c[nH]c2ccccc12)C(=O)N1CCCC(c2nc3ccccc3[nH]2)C1)c1cccs1. The van der Waals surface area contributed by atoms with Crippen LogP contribution in [-0.2, 0) is 11.2 Å². The third-order valence-electron chi connectivity index (χ3n) is 6.97. The van der Waals surface area contributed by atoms with Gasteiger partial charge in [-0.25, -0.2) is 4.98 Å². The minimum atomic E-state index is -0.659. The van der Waals surface area contributed by atoms with Gasteiger partial charge in [0.15, 0.2) is 0 Å². The molecule has 7 nitrogen and oxygen atoms in total. The highest BCUT2D eigenvalue weighted by Crippen LogP contribution is 2.28. The molecule has 0 radical (unpaired) electrons. The summed E-state index contributed by atoms with van der Waals surface area (Å²) in [4.78, 5) is 40.9. The maximum atomic E-state index is 13.9. The number of H-pyrrole nitrogens is 2. The number of amides is 2. The van der Waals surface area contributed by atoms with Crippen LogP contribution in [0.5, 0.6) is 0 Å². The van der Waals surface area contributed by atoms with Crippen molar-refractivity contribution >= 4 is 45.1 Å². The normalized spacial score (nSPS) is 16.9. The molecule has 0 bridgehead atoms. The van der Waals surface area contributed by atoms with Crippen LogP contribution in [0.2, 0.25) is 0 Å². The van der Waals surface area contributed by atoms with Gasteiger partial charge in [0.25, 0.3) is 5.91 Å². The van der Waals surface area contributed by atoms with Gasteiger partial charge in [-0.2, -0.15) is 0 Å². The number of nitrogens with one attached hydrogen (secondary N) is 3. The quantitative estimate of drug-likeness (QED) is 0.313. The highest BCUT2D eigenvalue weighted by atomic mass is 32.1. The van der Waals surface area contributed by atoms with E-state index in [4.69, 9.17) is 4.98 Å². The fourth-order valence-electron chi connectivity index (χ4n) is 5.14. The van der Waals surface area contributed by atoms with Crippen LogP contribution < -0.4 is 5.32 Å². The van der Waals surface area contributed by atoms with Crippen LogP contribution >= 0.6 is 11.3 Å². The van der Waals surface area contributed by atoms with Crippen LogP contribution in [0.3, 0.4) is 0 Å². The van der Waals surface area contributed by atoms with Gasteiger partial charge in [-0.05, 0) is 48.1 Å². The van der Waals surface area contributed by atoms with E-state index in [1.54, 1.807) is 6.07 Å². The number of carbonyl (C=O) groups excluding carboxylic acids is 2. The van der Waals surface area contributed by atoms with Gasteiger partial charge < -0.3 is 20.2 Å². The van der Waals surface area contributed by atoms with E-state index in [1.807, 2.05) is 71.1 Å². The van der Waals surface area contributed by atoms with Gasteiger partial charge in [-0.15, -0.1) is 11.3 Å². The number of carbonyl (C=O) groups is 2. The first-order chi connectivity index (χ1) is 17.7. The van der Waals surface area contributed by atoms with E-state index in [9.17, 15) is 9.59 Å². The first-order valence-corrected chi connectivity index (χ1v) is 13.2. The summed E-state index contributed by atoms with van der Waals surface area (Å²) >= 11 is 1.37. The summed E-state index contributed by atoms with van der Waals surface area (Å²) < 4.78 is 0. The number of imidazole rings is 1. The number of nitrogens with zero attached hydrogens (tertiary/aromatic N) is 2. The van der Waals surface area contributed by atoms with Crippen molar-refractivity contribution in [3.63, 3.8) is 0 Å². The van der Waals surface area contributed by atoms with Crippen LogP contribution in [-0.4, -0.2) is 50.8 Å². The van der Waals surface area contributed by atoms with E-state index in [0.717, 1.165) is 46.2 Å². The van der Waals surface area contributed by atoms with Gasteiger partial charge in [0.05, 0.1) is 15.9 Å². The molecule has 8 heteroatoms. The Balaban J connectivity index is 1.25. The minimum absolute atomic E-state index is 0.0500. The Morgan fingerprint density at radius 3 is 2.75 bits per heavy atom. The van der Waals surface area contributed by atoms with E-state index < -0.39 is 6.04 Å². The molecule has 4 heterocycles. The fraction of sp³-hybridized carbons (Fsp3) is 0.250. The summed E-state index contributed by atoms with van der Waals surface area (Å²) in [6, 6.07) is 19.0. The number of aromatic amines is 2. The number of aromatic nitrogens is 3. The zero-order chi connectivity index (χ0) is 24.5. The standard InChI is InChI=1S/C28H27N5O2S/c34-27(25-12-6-14-36-25)32-24(15-19-16-29-21-9-2-1-8-20(19)21)28(35)33-13-5-7-18(17-33)26-30-22-10-3-4-11-23(22)31-26/h1-4,6,8-12,14,16,18,24,29H,5,7,13,15,17H2,(H,30,31)(H,32,34). The molecule has 3 aromatic heterocycles. The van der Waals surface area contributed by atoms with Crippen LogP contribution in [0.15, 0.2) is 72.2 Å². The summed E-state index contributed by atoms with van der Waals surface area (Å²) in [7, 11) is 0. The Hall–Kier alpha value is -3.91. The van der Waals surface area contributed by atoms with Crippen molar-refractivity contribution in [2.24, 2.45) is 0 Å². The first kappa shape index (κ1) is 22.5. The van der Waals surface area contributed by atoms with Gasteiger partial charge in [0.2, 0.25) is 5.91 Å². The highest BCUT2D eigenvalue weighted by molar-refractivity contribution is 7.12. The van der Waals surface area contributed by atoms with Crippen molar-refractivity contribution in [1.29, 1.82) is 0 Å². The molecule has 1 aliphatic heterocycles. The maximum Gasteiger partial charge on any atom is 0.262 e. The number of benzene rings is 2. The lowest BCUT2D eigenvalue weighted by Crippen LogP contribution is -2.52. The summed E-state index contributed by atoms with van der Waals surface area (Å²) in [5.74, 6) is 0.793. The second-order valence-corrected chi connectivity index (χ2v) is 10.3. The average molecular weight is 498 g/mol. The monoisotopic (exact) mass is 497 g/mol. The third-order valence-corrected chi connectivity index (χ3v) is 7.84. The molecule has 1 aliphatic rings. The number of rotatable bonds is 6. The van der Waals surface area contributed by atoms with Crippen molar-refractivity contribution < 1.29 is 9.59 Å². The summed E-state index contributed by atoms with van der Waals surface area (Å²) in [5.41, 5.74) is 3.99. The van der Waals surface area contributed by atoms with Crippen molar-refractivity contribution in [3.05, 3.63) is 88.5 Å². The summed E-state index contributed by atoms with van der Waals surface area (Å²) in [6.07, 6.45) is 4.23. The number of para-hydroxylation sites is 3. The summed E-state index contributed by atoms with van der Waals surface area (Å²) in [5, 5.41) is 5.98. The van der Waals surface area contributed by atoms with Crippen LogP contribution in [0.1, 0.15) is 39.8 Å². The van der Waals surface area contributed by atoms with Gasteiger partial charge in [0, 0.05) is 42.5 Å². The maximum absolute atomic E-state index is 13.9. The largest absolute Gasteiger partial charge is 0.361 e. The molecule has 5 aromatic rings. The molecule has 1 saturated heterocycles. The fourth-order valence-corrected chi connectivity index (χ4v) is 5.77. The van der Waals surface area contributed by atoms with Crippen molar-refractivity contribution in [2.75, 3.05) is 13.1 Å². The topological polar surface area (TPSA) is 93.9 Å². The second kappa shape index (κ2) is 9.62. The smallest absolute Gasteiger partial charge is 0.262 e. The Bertz CT molecular complexity index is 1490. The van der Waals surface area contributed by atoms with E-state index in [-0.39, 0.29) is 17.7 Å². The molecule has 0 saturated carbocycles. The number of thiophene rings is 1. The first-order valence-electron chi connectivity index (χ1n) is 12.3. The van der Waals surface area contributed by atoms with Crippen LogP contribution in [0.4, 0.5) is 0 Å². The molecule has 2 aromatic carbocycles. The van der Waals surface area contributed by atoms with Crippen molar-refractivity contribution in [1.82, 2.24) is 25.2 Å². The number of piperidine rings is 1. The highest BCUT2D eigenvalue weighted by Gasteiger charge is 2.32. The van der Waals surface area contributed by atoms with E-state index in [0.29, 0.717) is 24.4 Å². The Labute approximate surface area is 212 Å². The van der Waals surface area contributed by atoms with E-state index in [2.05, 4.69) is 15.3 Å². The third kappa shape index (κ3) is 4.40. The van der Waals surface area contributed by atoms with E-state index in [1.165, 1.54) is 11.3 Å². The lowest BCUT2D eigenvalue weighted by atomic mass is 9.95. The van der Waals surface area contributed by atoms with Gasteiger partial charge in [0.1, 0.15) is 11.9 Å². The average Bonchev–Trinajstić information content (AvgIpc) is 3.68. The Kier molecular flexibility index (Phi) is 6.03. The summed E-state index contributed by atoms with van der Waals surface area (Å²) in [6.45, 7) is 1.26. The molecule has 1 fully saturated rings. The molecule has 2 atom stereocenters. The molecule has 3 N–H and O–H groups in total. The Morgan fingerprint density at radius 2 is 1.92 bits per heavy atom. The molecule has 36 heavy (non-hydrogen) atoms. The molecular formula is C28H27N5O2S. The molecule has 6 rings (SSSR count). The van der Waals surface area contributed by atoms with Crippen molar-refractivity contribution in [3.8, 4) is 0 Å². The molecular weight excluding hydrogens is 470 g/mol. The zero-order valence-electron chi connectivity index (χ0n) is 19.7. The molecule has 2 amide bonds. The predicted octanol–water partition coefficient (Wildman–Crippen LogP) is 4.85. The van der Waals surface area contributed by atoms with Crippen molar-refractivity contribution in [2.45, 2.75) is 31.2 Å². The molecule has 0 spiro atoms. The van der Waals surface area contributed by atoms with Crippen LogP contribution in [0.25, 0.3) is 21.9 Å². The molecule has 182 valence electrons. The van der Waals surface area contributed by atoms with Crippen LogP contribution in [0, 0.1) is 0 Å². The molecule has 2 unspecified atom stereocenters. The number of fused-ring (bicyclic) bond motifs is 2. The minimum Gasteiger partial charge on any atom is -0.361 e. The van der Waals surface area contributed by atoms with Gasteiger partial charge in [-0.3, -0.25) is 9.59 Å². The van der Waals surface area contributed by atoms with Gasteiger partial charge >= 0.3 is 0 Å². The van der Waals surface area contributed by atoms with Gasteiger partial charge in [-0.1, -0.05) is 36.4 Å². The number of likely N-dealkylation sites (tertiary alicyclic amines) is 1. The number of hydrogen-bond acceptors (Lipinski definition) is 4.